The highest BCUT2D eigenvalue weighted by molar-refractivity contribution is 5.89. The lowest BCUT2D eigenvalue weighted by Crippen LogP contribution is -2.32. The maximum absolute atomic E-state index is 12.2. The van der Waals surface area contributed by atoms with Gasteiger partial charge in [-0.15, -0.1) is 0 Å². The van der Waals surface area contributed by atoms with Gasteiger partial charge in [0.1, 0.15) is 0 Å². The molecule has 1 aromatic heterocycles. The normalized spacial score (nSPS) is 18.2. The number of rotatable bonds is 5. The van der Waals surface area contributed by atoms with E-state index in [2.05, 4.69) is 15.0 Å². The van der Waals surface area contributed by atoms with Crippen molar-refractivity contribution in [2.45, 2.75) is 19.1 Å². The molecule has 1 fully saturated rings. The van der Waals surface area contributed by atoms with Crippen LogP contribution >= 0.6 is 0 Å². The molecule has 126 valence electrons. The highest BCUT2D eigenvalue weighted by Gasteiger charge is 2.32. The Morgan fingerprint density at radius 1 is 1.52 bits per heavy atom. The van der Waals surface area contributed by atoms with Crippen molar-refractivity contribution in [2.75, 3.05) is 20.2 Å². The molecule has 1 aromatic rings. The fourth-order valence-electron chi connectivity index (χ4n) is 2.20. The number of alkyl halides is 3. The first-order valence-corrected chi connectivity index (χ1v) is 6.91. The lowest BCUT2D eigenvalue weighted by atomic mass is 10.1. The average Bonchev–Trinajstić information content (AvgIpc) is 2.82. The van der Waals surface area contributed by atoms with Gasteiger partial charge in [-0.05, 0) is 6.07 Å². The molecule has 0 unspecified atom stereocenters. The van der Waals surface area contributed by atoms with E-state index in [1.807, 2.05) is 0 Å². The Bertz CT molecular complexity index is 592. The SMILES string of the molecule is CN1C[C@@H](C(=O)NCc2cccnc2OCC(F)(F)F)CC1=O. The van der Waals surface area contributed by atoms with Crippen LogP contribution in [0.5, 0.6) is 5.88 Å². The second-order valence-electron chi connectivity index (χ2n) is 5.26. The van der Waals surface area contributed by atoms with Gasteiger partial charge in [0.05, 0.1) is 5.92 Å². The van der Waals surface area contributed by atoms with Crippen LogP contribution in [-0.4, -0.2) is 48.1 Å². The molecule has 0 spiro atoms. The summed E-state index contributed by atoms with van der Waals surface area (Å²) < 4.78 is 41.3. The zero-order valence-electron chi connectivity index (χ0n) is 12.4. The summed E-state index contributed by atoms with van der Waals surface area (Å²) in [6, 6.07) is 3.06. The van der Waals surface area contributed by atoms with Crippen LogP contribution in [0.25, 0.3) is 0 Å². The quantitative estimate of drug-likeness (QED) is 0.878. The van der Waals surface area contributed by atoms with Gasteiger partial charge in [0.2, 0.25) is 17.7 Å². The monoisotopic (exact) mass is 331 g/mol. The van der Waals surface area contributed by atoms with Crippen molar-refractivity contribution >= 4 is 11.8 Å². The molecule has 2 heterocycles. The van der Waals surface area contributed by atoms with E-state index in [1.54, 1.807) is 7.05 Å². The third-order valence-corrected chi connectivity index (χ3v) is 3.39. The zero-order valence-corrected chi connectivity index (χ0v) is 12.4. The summed E-state index contributed by atoms with van der Waals surface area (Å²) in [6.07, 6.45) is -3.03. The number of ether oxygens (including phenoxy) is 1. The van der Waals surface area contributed by atoms with Gasteiger partial charge < -0.3 is 15.0 Å². The first-order valence-electron chi connectivity index (χ1n) is 6.91. The summed E-state index contributed by atoms with van der Waals surface area (Å²) in [5, 5.41) is 2.60. The predicted octanol–water partition coefficient (Wildman–Crippen LogP) is 1.12. The molecule has 2 amide bonds. The molecule has 1 saturated heterocycles. The van der Waals surface area contributed by atoms with E-state index in [9.17, 15) is 22.8 Å². The predicted molar refractivity (Wildman–Crippen MR) is 73.4 cm³/mol. The molecular weight excluding hydrogens is 315 g/mol. The van der Waals surface area contributed by atoms with Gasteiger partial charge >= 0.3 is 6.18 Å². The largest absolute Gasteiger partial charge is 0.468 e. The molecule has 0 radical (unpaired) electrons. The molecule has 0 aromatic carbocycles. The Balaban J connectivity index is 1.93. The highest BCUT2D eigenvalue weighted by Crippen LogP contribution is 2.20. The second kappa shape index (κ2) is 6.84. The Labute approximate surface area is 130 Å². The van der Waals surface area contributed by atoms with Gasteiger partial charge in [0, 0.05) is 38.3 Å². The lowest BCUT2D eigenvalue weighted by molar-refractivity contribution is -0.154. The van der Waals surface area contributed by atoms with Gasteiger partial charge in [0.15, 0.2) is 6.61 Å². The minimum Gasteiger partial charge on any atom is -0.468 e. The maximum Gasteiger partial charge on any atom is 0.422 e. The molecule has 0 bridgehead atoms. The molecule has 1 aliphatic rings. The summed E-state index contributed by atoms with van der Waals surface area (Å²) in [4.78, 5) is 28.6. The number of likely N-dealkylation sites (tertiary alicyclic amines) is 1. The van der Waals surface area contributed by atoms with E-state index < -0.39 is 18.7 Å². The van der Waals surface area contributed by atoms with E-state index >= 15 is 0 Å². The van der Waals surface area contributed by atoms with Crippen LogP contribution in [-0.2, 0) is 16.1 Å². The molecular formula is C14H16F3N3O3. The number of hydrogen-bond acceptors (Lipinski definition) is 4. The number of hydrogen-bond donors (Lipinski definition) is 1. The maximum atomic E-state index is 12.2. The molecule has 6 nitrogen and oxygen atoms in total. The van der Waals surface area contributed by atoms with Crippen molar-refractivity contribution < 1.29 is 27.5 Å². The first kappa shape index (κ1) is 17.0. The van der Waals surface area contributed by atoms with Crippen molar-refractivity contribution in [3.63, 3.8) is 0 Å². The summed E-state index contributed by atoms with van der Waals surface area (Å²) >= 11 is 0. The smallest absolute Gasteiger partial charge is 0.422 e. The van der Waals surface area contributed by atoms with E-state index in [0.717, 1.165) is 0 Å². The molecule has 1 aliphatic heterocycles. The number of aromatic nitrogens is 1. The molecule has 9 heteroatoms. The number of pyridine rings is 1. The van der Waals surface area contributed by atoms with Crippen molar-refractivity contribution in [3.8, 4) is 5.88 Å². The summed E-state index contributed by atoms with van der Waals surface area (Å²) in [6.45, 7) is -1.14. The Kier molecular flexibility index (Phi) is 5.07. The minimum atomic E-state index is -4.47. The number of amides is 2. The first-order chi connectivity index (χ1) is 10.8. The van der Waals surface area contributed by atoms with Crippen LogP contribution in [0, 0.1) is 5.92 Å². The zero-order chi connectivity index (χ0) is 17.0. The highest BCUT2D eigenvalue weighted by atomic mass is 19.4. The Morgan fingerprint density at radius 2 is 2.26 bits per heavy atom. The van der Waals surface area contributed by atoms with Gasteiger partial charge in [-0.2, -0.15) is 13.2 Å². The van der Waals surface area contributed by atoms with E-state index in [1.165, 1.54) is 23.2 Å². The number of nitrogens with zero attached hydrogens (tertiary/aromatic N) is 2. The number of halogens is 3. The summed E-state index contributed by atoms with van der Waals surface area (Å²) in [7, 11) is 1.61. The average molecular weight is 331 g/mol. The fourth-order valence-corrected chi connectivity index (χ4v) is 2.20. The van der Waals surface area contributed by atoms with E-state index in [0.29, 0.717) is 12.1 Å². The van der Waals surface area contributed by atoms with Gasteiger partial charge in [-0.3, -0.25) is 9.59 Å². The molecule has 0 aliphatic carbocycles. The molecule has 0 saturated carbocycles. The lowest BCUT2D eigenvalue weighted by Gasteiger charge is -2.14. The van der Waals surface area contributed by atoms with Crippen LogP contribution in [0.2, 0.25) is 0 Å². The Hall–Kier alpha value is -2.32. The topological polar surface area (TPSA) is 71.5 Å². The third kappa shape index (κ3) is 4.83. The van der Waals surface area contributed by atoms with Crippen molar-refractivity contribution in [1.29, 1.82) is 0 Å². The molecule has 1 atom stereocenters. The number of carbonyl (C=O) groups is 2. The number of carbonyl (C=O) groups excluding carboxylic acids is 2. The van der Waals surface area contributed by atoms with Crippen LogP contribution < -0.4 is 10.1 Å². The van der Waals surface area contributed by atoms with E-state index in [4.69, 9.17) is 0 Å². The van der Waals surface area contributed by atoms with Crippen molar-refractivity contribution in [2.24, 2.45) is 5.92 Å². The van der Waals surface area contributed by atoms with Gasteiger partial charge in [0.25, 0.3) is 0 Å². The fraction of sp³-hybridized carbons (Fsp3) is 0.500. The van der Waals surface area contributed by atoms with Gasteiger partial charge in [-0.1, -0.05) is 6.07 Å². The molecule has 23 heavy (non-hydrogen) atoms. The Morgan fingerprint density at radius 3 is 2.87 bits per heavy atom. The molecule has 2 rings (SSSR count). The summed E-state index contributed by atoms with van der Waals surface area (Å²) in [5.74, 6) is -1.07. The van der Waals surface area contributed by atoms with Crippen molar-refractivity contribution in [1.82, 2.24) is 15.2 Å². The standard InChI is InChI=1S/C14H16F3N3O3/c1-20-7-10(5-11(20)21)12(22)19-6-9-3-2-4-18-13(9)23-8-14(15,16)17/h2-4,10H,5-8H2,1H3,(H,19,22)/t10-/m0/s1. The number of nitrogens with one attached hydrogen (secondary N) is 1. The summed E-state index contributed by atoms with van der Waals surface area (Å²) in [5.41, 5.74) is 0.336. The second-order valence-corrected chi connectivity index (χ2v) is 5.26. The van der Waals surface area contributed by atoms with Crippen LogP contribution in [0.15, 0.2) is 18.3 Å². The van der Waals surface area contributed by atoms with Gasteiger partial charge in [-0.25, -0.2) is 4.98 Å². The van der Waals surface area contributed by atoms with E-state index in [-0.39, 0.29) is 30.7 Å². The minimum absolute atomic E-state index is 0.0196. The van der Waals surface area contributed by atoms with Crippen molar-refractivity contribution in [3.05, 3.63) is 23.9 Å². The van der Waals surface area contributed by atoms with Crippen LogP contribution in [0.4, 0.5) is 13.2 Å². The van der Waals surface area contributed by atoms with Crippen LogP contribution in [0.3, 0.4) is 0 Å². The molecule has 1 N–H and O–H groups in total. The third-order valence-electron chi connectivity index (χ3n) is 3.39. The van der Waals surface area contributed by atoms with Crippen LogP contribution in [0.1, 0.15) is 12.0 Å².